The number of piperazine rings is 1. The highest BCUT2D eigenvalue weighted by Crippen LogP contribution is 2.30. The molecule has 200 valence electrons. The third-order valence-corrected chi connectivity index (χ3v) is 7.91. The summed E-state index contributed by atoms with van der Waals surface area (Å²) < 4.78 is 1.95. The monoisotopic (exact) mass is 562 g/mol. The summed E-state index contributed by atoms with van der Waals surface area (Å²) in [5, 5.41) is 21.3. The highest BCUT2D eigenvalue weighted by molar-refractivity contribution is 7.99. The Labute approximate surface area is 235 Å². The number of hydrogen-bond donors (Lipinski definition) is 0. The SMILES string of the molecule is O=C(CCCSc1nnc(-c2ccc([N+](=O)[O-])cc2)n1-c1ccccc1)N1CCN(c2ccccc2Cl)CC1. The summed E-state index contributed by atoms with van der Waals surface area (Å²) in [4.78, 5) is 27.6. The molecule has 2 heterocycles. The van der Waals surface area contributed by atoms with Gasteiger partial charge in [0.2, 0.25) is 5.91 Å². The second-order valence-corrected chi connectivity index (χ2v) is 10.5. The fourth-order valence-corrected chi connectivity index (χ4v) is 5.69. The van der Waals surface area contributed by atoms with Gasteiger partial charge in [-0.15, -0.1) is 10.2 Å². The first-order valence-corrected chi connectivity index (χ1v) is 14.0. The largest absolute Gasteiger partial charge is 0.367 e. The molecule has 1 aliphatic rings. The molecule has 39 heavy (non-hydrogen) atoms. The van der Waals surface area contributed by atoms with Crippen LogP contribution in [-0.2, 0) is 4.79 Å². The van der Waals surface area contributed by atoms with E-state index in [1.165, 1.54) is 12.1 Å². The molecule has 1 aliphatic heterocycles. The molecular weight excluding hydrogens is 536 g/mol. The average Bonchev–Trinajstić information content (AvgIpc) is 3.40. The summed E-state index contributed by atoms with van der Waals surface area (Å²) in [5.41, 5.74) is 2.66. The van der Waals surface area contributed by atoms with Crippen molar-refractivity contribution in [1.82, 2.24) is 19.7 Å². The number of halogens is 1. The van der Waals surface area contributed by atoms with Crippen LogP contribution in [0.5, 0.6) is 0 Å². The second kappa shape index (κ2) is 12.3. The van der Waals surface area contributed by atoms with Crippen molar-refractivity contribution in [3.05, 3.63) is 94.0 Å². The van der Waals surface area contributed by atoms with E-state index in [4.69, 9.17) is 11.6 Å². The van der Waals surface area contributed by atoms with Gasteiger partial charge >= 0.3 is 0 Å². The van der Waals surface area contributed by atoms with Crippen molar-refractivity contribution in [1.29, 1.82) is 0 Å². The third-order valence-electron chi connectivity index (χ3n) is 6.58. The second-order valence-electron chi connectivity index (χ2n) is 9.05. The van der Waals surface area contributed by atoms with E-state index in [2.05, 4.69) is 15.1 Å². The van der Waals surface area contributed by atoms with Crippen molar-refractivity contribution in [3.63, 3.8) is 0 Å². The van der Waals surface area contributed by atoms with Crippen LogP contribution in [0.3, 0.4) is 0 Å². The number of carbonyl (C=O) groups excluding carboxylic acids is 1. The zero-order chi connectivity index (χ0) is 27.2. The van der Waals surface area contributed by atoms with Crippen LogP contribution in [0.25, 0.3) is 17.1 Å². The minimum Gasteiger partial charge on any atom is -0.367 e. The maximum absolute atomic E-state index is 12.9. The third kappa shape index (κ3) is 6.23. The number of nitrogens with zero attached hydrogens (tertiary/aromatic N) is 6. The van der Waals surface area contributed by atoms with Crippen LogP contribution in [0, 0.1) is 10.1 Å². The van der Waals surface area contributed by atoms with Gasteiger partial charge in [-0.05, 0) is 42.8 Å². The topological polar surface area (TPSA) is 97.4 Å². The van der Waals surface area contributed by atoms with Crippen molar-refractivity contribution in [2.24, 2.45) is 0 Å². The van der Waals surface area contributed by atoms with Crippen molar-refractivity contribution in [3.8, 4) is 17.1 Å². The summed E-state index contributed by atoms with van der Waals surface area (Å²) >= 11 is 7.88. The molecule has 1 fully saturated rings. The minimum absolute atomic E-state index is 0.0223. The molecule has 0 spiro atoms. The van der Waals surface area contributed by atoms with E-state index in [0.29, 0.717) is 42.7 Å². The van der Waals surface area contributed by atoms with Gasteiger partial charge in [0.25, 0.3) is 5.69 Å². The lowest BCUT2D eigenvalue weighted by Gasteiger charge is -2.36. The first-order chi connectivity index (χ1) is 19.0. The molecule has 4 aromatic rings. The van der Waals surface area contributed by atoms with Gasteiger partial charge in [0, 0.05) is 61.7 Å². The standard InChI is InChI=1S/C28H27ClN6O3S/c29-24-9-4-5-10-25(24)32-16-18-33(19-17-32)26(36)11-6-20-39-28-31-30-27(34(28)22-7-2-1-3-8-22)21-12-14-23(15-13-21)35(37)38/h1-5,7-10,12-15H,6,11,16-20H2. The van der Waals surface area contributed by atoms with E-state index >= 15 is 0 Å². The maximum atomic E-state index is 12.9. The van der Waals surface area contributed by atoms with Crippen LogP contribution >= 0.6 is 23.4 Å². The Hall–Kier alpha value is -3.89. The van der Waals surface area contributed by atoms with Crippen molar-refractivity contribution in [2.45, 2.75) is 18.0 Å². The first-order valence-electron chi connectivity index (χ1n) is 12.7. The molecule has 1 amide bonds. The van der Waals surface area contributed by atoms with Crippen molar-refractivity contribution in [2.75, 3.05) is 36.8 Å². The lowest BCUT2D eigenvalue weighted by Crippen LogP contribution is -2.48. The number of aromatic nitrogens is 3. The Morgan fingerprint density at radius 2 is 1.62 bits per heavy atom. The zero-order valence-corrected chi connectivity index (χ0v) is 22.7. The Balaban J connectivity index is 1.19. The molecule has 0 saturated carbocycles. The van der Waals surface area contributed by atoms with Gasteiger partial charge in [-0.25, -0.2) is 0 Å². The molecule has 1 aromatic heterocycles. The van der Waals surface area contributed by atoms with Gasteiger partial charge in [-0.2, -0.15) is 0 Å². The molecular formula is C28H27ClN6O3S. The summed E-state index contributed by atoms with van der Waals surface area (Å²) in [5.74, 6) is 1.47. The number of rotatable bonds is 9. The number of nitro groups is 1. The van der Waals surface area contributed by atoms with Gasteiger partial charge < -0.3 is 9.80 Å². The van der Waals surface area contributed by atoms with E-state index in [9.17, 15) is 14.9 Å². The van der Waals surface area contributed by atoms with E-state index in [1.54, 1.807) is 23.9 Å². The number of thioether (sulfide) groups is 1. The van der Waals surface area contributed by atoms with Crippen LogP contribution in [-0.4, -0.2) is 62.4 Å². The molecule has 0 atom stereocenters. The van der Waals surface area contributed by atoms with E-state index in [0.717, 1.165) is 35.1 Å². The van der Waals surface area contributed by atoms with E-state index in [-0.39, 0.29) is 11.6 Å². The van der Waals surface area contributed by atoms with Crippen LogP contribution in [0.2, 0.25) is 5.02 Å². The van der Waals surface area contributed by atoms with Crippen LogP contribution in [0.15, 0.2) is 84.0 Å². The quantitative estimate of drug-likeness (QED) is 0.111. The Morgan fingerprint density at radius 1 is 0.923 bits per heavy atom. The smallest absolute Gasteiger partial charge is 0.269 e. The van der Waals surface area contributed by atoms with Gasteiger partial charge in [-0.1, -0.05) is 53.7 Å². The molecule has 1 saturated heterocycles. The Bertz CT molecular complexity index is 1440. The maximum Gasteiger partial charge on any atom is 0.269 e. The fourth-order valence-electron chi connectivity index (χ4n) is 4.54. The molecule has 0 unspecified atom stereocenters. The summed E-state index contributed by atoms with van der Waals surface area (Å²) in [7, 11) is 0. The number of anilines is 1. The predicted octanol–water partition coefficient (Wildman–Crippen LogP) is 5.72. The molecule has 0 N–H and O–H groups in total. The Morgan fingerprint density at radius 3 is 2.31 bits per heavy atom. The lowest BCUT2D eigenvalue weighted by atomic mass is 10.2. The van der Waals surface area contributed by atoms with Crippen molar-refractivity contribution < 1.29 is 9.72 Å². The fraction of sp³-hybridized carbons (Fsp3) is 0.250. The zero-order valence-electron chi connectivity index (χ0n) is 21.1. The molecule has 3 aromatic carbocycles. The van der Waals surface area contributed by atoms with E-state index in [1.807, 2.05) is 64.1 Å². The predicted molar refractivity (Wildman–Crippen MR) is 154 cm³/mol. The normalized spacial score (nSPS) is 13.5. The van der Waals surface area contributed by atoms with Crippen molar-refractivity contribution >= 4 is 40.6 Å². The number of non-ortho nitro benzene ring substituents is 1. The number of nitro benzene ring substituents is 1. The van der Waals surface area contributed by atoms with Gasteiger partial charge in [0.05, 0.1) is 15.6 Å². The number of benzene rings is 3. The number of amides is 1. The molecule has 0 bridgehead atoms. The molecule has 9 nitrogen and oxygen atoms in total. The molecule has 11 heteroatoms. The molecule has 0 radical (unpaired) electrons. The lowest BCUT2D eigenvalue weighted by molar-refractivity contribution is -0.384. The summed E-state index contributed by atoms with van der Waals surface area (Å²) in [6.07, 6.45) is 1.18. The van der Waals surface area contributed by atoms with Crippen LogP contribution in [0.4, 0.5) is 11.4 Å². The highest BCUT2D eigenvalue weighted by atomic mass is 35.5. The average molecular weight is 563 g/mol. The number of carbonyl (C=O) groups is 1. The number of para-hydroxylation sites is 2. The van der Waals surface area contributed by atoms with Crippen LogP contribution < -0.4 is 4.90 Å². The minimum atomic E-state index is -0.424. The summed E-state index contributed by atoms with van der Waals surface area (Å²) in [6.45, 7) is 2.88. The van der Waals surface area contributed by atoms with Crippen LogP contribution in [0.1, 0.15) is 12.8 Å². The number of hydrogen-bond acceptors (Lipinski definition) is 7. The molecule has 0 aliphatic carbocycles. The Kier molecular flexibility index (Phi) is 8.43. The van der Waals surface area contributed by atoms with E-state index < -0.39 is 4.92 Å². The molecule has 5 rings (SSSR count). The summed E-state index contributed by atoms with van der Waals surface area (Å²) in [6, 6.07) is 23.8. The van der Waals surface area contributed by atoms with Gasteiger partial charge in [0.1, 0.15) is 0 Å². The van der Waals surface area contributed by atoms with Gasteiger partial charge in [0.15, 0.2) is 11.0 Å². The first kappa shape index (κ1) is 26.7. The highest BCUT2D eigenvalue weighted by Gasteiger charge is 2.22. The van der Waals surface area contributed by atoms with Gasteiger partial charge in [-0.3, -0.25) is 19.5 Å².